The van der Waals surface area contributed by atoms with Crippen molar-refractivity contribution in [2.45, 2.75) is 33.1 Å². The summed E-state index contributed by atoms with van der Waals surface area (Å²) < 4.78 is 5.36. The Hall–Kier alpha value is -1.30. The number of urea groups is 1. The van der Waals surface area contributed by atoms with Crippen molar-refractivity contribution in [3.8, 4) is 0 Å². The monoisotopic (exact) mass is 260 g/mol. The van der Waals surface area contributed by atoms with Crippen LogP contribution in [0.15, 0.2) is 0 Å². The molecule has 0 aliphatic heterocycles. The predicted molar refractivity (Wildman–Crippen MR) is 68.5 cm³/mol. The highest BCUT2D eigenvalue weighted by atomic mass is 16.5. The predicted octanol–water partition coefficient (Wildman–Crippen LogP) is 1.21. The molecular weight excluding hydrogens is 236 g/mol. The molecule has 6 heteroatoms. The van der Waals surface area contributed by atoms with Gasteiger partial charge in [-0.2, -0.15) is 0 Å². The smallest absolute Gasteiger partial charge is 0.314 e. The number of rotatable bonds is 10. The summed E-state index contributed by atoms with van der Waals surface area (Å²) in [6.45, 7) is 6.48. The Kier molecular flexibility index (Phi) is 10.0. The number of hydrogen-bond acceptors (Lipinski definition) is 3. The van der Waals surface area contributed by atoms with Crippen LogP contribution in [-0.2, 0) is 9.53 Å². The molecule has 0 saturated heterocycles. The van der Waals surface area contributed by atoms with Gasteiger partial charge in [-0.25, -0.2) is 4.79 Å². The molecule has 0 saturated carbocycles. The number of hydrogen-bond donors (Lipinski definition) is 3. The van der Waals surface area contributed by atoms with E-state index in [1.807, 2.05) is 0 Å². The van der Waals surface area contributed by atoms with E-state index in [4.69, 9.17) is 9.84 Å². The first-order valence-corrected chi connectivity index (χ1v) is 6.33. The summed E-state index contributed by atoms with van der Waals surface area (Å²) in [6, 6.07) is -0.260. The highest BCUT2D eigenvalue weighted by Crippen LogP contribution is 1.92. The molecule has 0 aromatic rings. The van der Waals surface area contributed by atoms with E-state index in [2.05, 4.69) is 24.5 Å². The van der Waals surface area contributed by atoms with Crippen LogP contribution in [0.1, 0.15) is 33.1 Å². The quantitative estimate of drug-likeness (QED) is 0.515. The number of carbonyl (C=O) groups is 2. The number of nitrogens with one attached hydrogen (secondary N) is 2. The Morgan fingerprint density at radius 3 is 2.33 bits per heavy atom. The number of ether oxygens (including phenoxy) is 1. The van der Waals surface area contributed by atoms with Gasteiger partial charge in [-0.1, -0.05) is 13.8 Å². The van der Waals surface area contributed by atoms with Gasteiger partial charge in [-0.05, 0) is 18.8 Å². The molecule has 0 aromatic heterocycles. The molecule has 0 unspecified atom stereocenters. The minimum absolute atomic E-state index is 0.0727. The maximum absolute atomic E-state index is 11.2. The molecule has 0 rings (SSSR count). The van der Waals surface area contributed by atoms with Gasteiger partial charge in [-0.3, -0.25) is 4.79 Å². The summed E-state index contributed by atoms with van der Waals surface area (Å²) in [5, 5.41) is 13.7. The number of amides is 2. The van der Waals surface area contributed by atoms with E-state index in [0.717, 1.165) is 13.0 Å². The van der Waals surface area contributed by atoms with Gasteiger partial charge in [0.25, 0.3) is 0 Å². The Balaban J connectivity index is 3.24. The van der Waals surface area contributed by atoms with Gasteiger partial charge in [0, 0.05) is 32.7 Å². The molecule has 0 aromatic carbocycles. The molecule has 0 bridgehead atoms. The molecule has 0 aliphatic rings. The molecule has 18 heavy (non-hydrogen) atoms. The molecule has 0 spiro atoms. The molecule has 0 atom stereocenters. The van der Waals surface area contributed by atoms with E-state index in [9.17, 15) is 9.59 Å². The van der Waals surface area contributed by atoms with Crippen LogP contribution in [0.5, 0.6) is 0 Å². The van der Waals surface area contributed by atoms with Crippen LogP contribution in [0, 0.1) is 5.92 Å². The Morgan fingerprint density at radius 1 is 1.17 bits per heavy atom. The highest BCUT2D eigenvalue weighted by molar-refractivity contribution is 5.73. The largest absolute Gasteiger partial charge is 0.481 e. The minimum atomic E-state index is -0.848. The Morgan fingerprint density at radius 2 is 1.78 bits per heavy atom. The summed E-state index contributed by atoms with van der Waals surface area (Å²) >= 11 is 0. The van der Waals surface area contributed by atoms with Crippen LogP contribution in [0.3, 0.4) is 0 Å². The van der Waals surface area contributed by atoms with Crippen LogP contribution < -0.4 is 10.6 Å². The average Bonchev–Trinajstić information content (AvgIpc) is 2.28. The van der Waals surface area contributed by atoms with E-state index in [1.54, 1.807) is 0 Å². The van der Waals surface area contributed by atoms with E-state index >= 15 is 0 Å². The summed E-state index contributed by atoms with van der Waals surface area (Å²) in [6.07, 6.45) is 1.29. The molecule has 2 amide bonds. The topological polar surface area (TPSA) is 87.7 Å². The Labute approximate surface area is 108 Å². The molecular formula is C12H24N2O4. The van der Waals surface area contributed by atoms with Gasteiger partial charge in [0.05, 0.1) is 0 Å². The number of carbonyl (C=O) groups excluding carboxylic acids is 1. The molecule has 0 heterocycles. The first-order chi connectivity index (χ1) is 8.52. The summed E-state index contributed by atoms with van der Waals surface area (Å²) in [7, 11) is 0. The maximum atomic E-state index is 11.2. The third-order valence-electron chi connectivity index (χ3n) is 2.06. The lowest BCUT2D eigenvalue weighted by atomic mass is 10.2. The van der Waals surface area contributed by atoms with Crippen molar-refractivity contribution in [3.05, 3.63) is 0 Å². The molecule has 0 aliphatic carbocycles. The summed E-state index contributed by atoms with van der Waals surface area (Å²) in [4.78, 5) is 21.4. The van der Waals surface area contributed by atoms with Crippen LogP contribution in [0.25, 0.3) is 0 Å². The van der Waals surface area contributed by atoms with Gasteiger partial charge in [0.1, 0.15) is 0 Å². The van der Waals surface area contributed by atoms with Crippen molar-refractivity contribution >= 4 is 12.0 Å². The van der Waals surface area contributed by atoms with Crippen molar-refractivity contribution in [1.82, 2.24) is 10.6 Å². The van der Waals surface area contributed by atoms with E-state index in [0.29, 0.717) is 32.0 Å². The maximum Gasteiger partial charge on any atom is 0.314 e. The third kappa shape index (κ3) is 12.8. The first kappa shape index (κ1) is 16.7. The normalized spacial score (nSPS) is 10.4. The fourth-order valence-electron chi connectivity index (χ4n) is 1.20. The summed E-state index contributed by atoms with van der Waals surface area (Å²) in [5.74, 6) is -0.324. The van der Waals surface area contributed by atoms with Gasteiger partial charge in [0.2, 0.25) is 0 Å². The molecule has 0 radical (unpaired) electrons. The average molecular weight is 260 g/mol. The number of carboxylic acids is 1. The van der Waals surface area contributed by atoms with Crippen molar-refractivity contribution in [2.75, 3.05) is 26.3 Å². The standard InChI is InChI=1S/C12H24N2O4/c1-10(2)9-18-8-4-7-14-12(17)13-6-3-5-11(15)16/h10H,3-9H2,1-2H3,(H,15,16)(H2,13,14,17). The van der Waals surface area contributed by atoms with Crippen LogP contribution in [0.2, 0.25) is 0 Å². The third-order valence-corrected chi connectivity index (χ3v) is 2.06. The fourth-order valence-corrected chi connectivity index (χ4v) is 1.20. The lowest BCUT2D eigenvalue weighted by Gasteiger charge is -2.08. The molecule has 106 valence electrons. The second kappa shape index (κ2) is 10.8. The van der Waals surface area contributed by atoms with Crippen molar-refractivity contribution < 1.29 is 19.4 Å². The molecule has 0 fully saturated rings. The minimum Gasteiger partial charge on any atom is -0.481 e. The van der Waals surface area contributed by atoms with Crippen LogP contribution in [0.4, 0.5) is 4.79 Å². The SMILES string of the molecule is CC(C)COCCCNC(=O)NCCCC(=O)O. The zero-order valence-corrected chi connectivity index (χ0v) is 11.2. The second-order valence-electron chi connectivity index (χ2n) is 4.50. The lowest BCUT2D eigenvalue weighted by Crippen LogP contribution is -2.36. The van der Waals surface area contributed by atoms with Gasteiger partial charge < -0.3 is 20.5 Å². The van der Waals surface area contributed by atoms with Gasteiger partial charge in [-0.15, -0.1) is 0 Å². The zero-order valence-electron chi connectivity index (χ0n) is 11.2. The van der Waals surface area contributed by atoms with Gasteiger partial charge in [0.15, 0.2) is 0 Å². The van der Waals surface area contributed by atoms with Crippen LogP contribution >= 0.6 is 0 Å². The Bertz CT molecular complexity index is 244. The van der Waals surface area contributed by atoms with E-state index in [1.165, 1.54) is 0 Å². The van der Waals surface area contributed by atoms with Crippen molar-refractivity contribution in [1.29, 1.82) is 0 Å². The zero-order chi connectivity index (χ0) is 13.8. The number of carboxylic acid groups (broad SMARTS) is 1. The fraction of sp³-hybridized carbons (Fsp3) is 0.833. The lowest BCUT2D eigenvalue weighted by molar-refractivity contribution is -0.137. The summed E-state index contributed by atoms with van der Waals surface area (Å²) in [5.41, 5.74) is 0. The molecule has 6 nitrogen and oxygen atoms in total. The van der Waals surface area contributed by atoms with Gasteiger partial charge >= 0.3 is 12.0 Å². The second-order valence-corrected chi connectivity index (χ2v) is 4.50. The highest BCUT2D eigenvalue weighted by Gasteiger charge is 2.00. The van der Waals surface area contributed by atoms with Crippen molar-refractivity contribution in [2.24, 2.45) is 5.92 Å². The number of aliphatic carboxylic acids is 1. The molecule has 3 N–H and O–H groups in total. The van der Waals surface area contributed by atoms with E-state index < -0.39 is 5.97 Å². The van der Waals surface area contributed by atoms with Crippen LogP contribution in [-0.4, -0.2) is 43.4 Å². The van der Waals surface area contributed by atoms with Crippen molar-refractivity contribution in [3.63, 3.8) is 0 Å². The first-order valence-electron chi connectivity index (χ1n) is 6.33. The van der Waals surface area contributed by atoms with E-state index in [-0.39, 0.29) is 12.5 Å².